The molecule has 0 unspecified atom stereocenters. The fourth-order valence-corrected chi connectivity index (χ4v) is 3.54. The lowest BCUT2D eigenvalue weighted by atomic mass is 9.95. The Labute approximate surface area is 174 Å². The highest BCUT2D eigenvalue weighted by Gasteiger charge is 2.45. The molecule has 0 radical (unpaired) electrons. The van der Waals surface area contributed by atoms with Crippen LogP contribution in [0.5, 0.6) is 11.5 Å². The van der Waals surface area contributed by atoms with Crippen LogP contribution in [0, 0.1) is 0 Å². The zero-order valence-electron chi connectivity index (χ0n) is 16.2. The van der Waals surface area contributed by atoms with Gasteiger partial charge in [-0.15, -0.1) is 0 Å². The molecule has 0 aromatic heterocycles. The van der Waals surface area contributed by atoms with Crippen LogP contribution in [0.25, 0.3) is 5.76 Å². The predicted octanol–water partition coefficient (Wildman–Crippen LogP) is 4.28. The van der Waals surface area contributed by atoms with Gasteiger partial charge in [0.2, 0.25) is 0 Å². The Bertz CT molecular complexity index is 968. The quantitative estimate of drug-likeness (QED) is 0.418. The molecule has 1 amide bonds. The van der Waals surface area contributed by atoms with Gasteiger partial charge in [0.15, 0.2) is 11.5 Å². The number of benzene rings is 2. The Morgan fingerprint density at radius 1 is 1.17 bits per heavy atom. The molecule has 0 aliphatic carbocycles. The number of aliphatic hydroxyl groups excluding tert-OH is 1. The van der Waals surface area contributed by atoms with Crippen molar-refractivity contribution in [1.82, 2.24) is 4.90 Å². The Kier molecular flexibility index (Phi) is 6.13. The van der Waals surface area contributed by atoms with E-state index in [0.29, 0.717) is 29.1 Å². The van der Waals surface area contributed by atoms with Crippen molar-refractivity contribution in [2.75, 3.05) is 13.7 Å². The summed E-state index contributed by atoms with van der Waals surface area (Å²) in [4.78, 5) is 27.1. The number of phenols is 1. The van der Waals surface area contributed by atoms with E-state index in [9.17, 15) is 19.8 Å². The number of carbonyl (C=O) groups excluding carboxylic acids is 2. The second-order valence-electron chi connectivity index (χ2n) is 6.78. The van der Waals surface area contributed by atoms with Gasteiger partial charge in [0, 0.05) is 17.1 Å². The smallest absolute Gasteiger partial charge is 0.295 e. The van der Waals surface area contributed by atoms with Crippen molar-refractivity contribution in [2.45, 2.75) is 25.8 Å². The minimum Gasteiger partial charge on any atom is -0.507 e. The number of methoxy groups -OCH3 is 1. The van der Waals surface area contributed by atoms with Gasteiger partial charge in [-0.3, -0.25) is 9.59 Å². The molecule has 29 heavy (non-hydrogen) atoms. The fourth-order valence-electron chi connectivity index (χ4n) is 3.41. The molecular weight excluding hydrogens is 394 g/mol. The maximum atomic E-state index is 12.8. The van der Waals surface area contributed by atoms with E-state index < -0.39 is 17.7 Å². The highest BCUT2D eigenvalue weighted by molar-refractivity contribution is 6.46. The number of phenolic OH excluding ortho intramolecular Hbond substituents is 1. The van der Waals surface area contributed by atoms with Crippen molar-refractivity contribution in [3.63, 3.8) is 0 Å². The van der Waals surface area contributed by atoms with Gasteiger partial charge >= 0.3 is 0 Å². The first-order chi connectivity index (χ1) is 13.9. The molecule has 2 aromatic carbocycles. The summed E-state index contributed by atoms with van der Waals surface area (Å²) in [6.45, 7) is 2.36. The predicted molar refractivity (Wildman–Crippen MR) is 110 cm³/mol. The van der Waals surface area contributed by atoms with Crippen LogP contribution in [0.3, 0.4) is 0 Å². The number of likely N-dealkylation sites (tertiary alicyclic amines) is 1. The molecule has 0 spiro atoms. The minimum absolute atomic E-state index is 0.00108. The first kappa shape index (κ1) is 20.7. The van der Waals surface area contributed by atoms with Crippen molar-refractivity contribution in [1.29, 1.82) is 0 Å². The second kappa shape index (κ2) is 8.57. The van der Waals surface area contributed by atoms with Crippen LogP contribution in [-0.2, 0) is 9.59 Å². The van der Waals surface area contributed by atoms with E-state index in [2.05, 4.69) is 0 Å². The molecule has 2 aromatic rings. The molecule has 1 aliphatic heterocycles. The van der Waals surface area contributed by atoms with Crippen LogP contribution in [0.1, 0.15) is 36.9 Å². The van der Waals surface area contributed by atoms with Crippen molar-refractivity contribution in [3.05, 3.63) is 64.2 Å². The van der Waals surface area contributed by atoms with Gasteiger partial charge in [-0.1, -0.05) is 31.0 Å². The van der Waals surface area contributed by atoms with Gasteiger partial charge in [-0.2, -0.15) is 0 Å². The van der Waals surface area contributed by atoms with Crippen LogP contribution in [0.2, 0.25) is 5.02 Å². The molecule has 0 saturated carbocycles. The number of hydrogen-bond donors (Lipinski definition) is 2. The normalized spacial score (nSPS) is 18.3. The summed E-state index contributed by atoms with van der Waals surface area (Å²) in [5, 5.41) is 21.3. The summed E-state index contributed by atoms with van der Waals surface area (Å²) in [5.41, 5.74) is 0.949. The topological polar surface area (TPSA) is 87.1 Å². The Morgan fingerprint density at radius 3 is 2.48 bits per heavy atom. The third-order valence-electron chi connectivity index (χ3n) is 4.93. The van der Waals surface area contributed by atoms with Gasteiger partial charge < -0.3 is 19.8 Å². The Morgan fingerprint density at radius 2 is 1.86 bits per heavy atom. The molecule has 152 valence electrons. The highest BCUT2D eigenvalue weighted by Crippen LogP contribution is 2.41. The summed E-state index contributed by atoms with van der Waals surface area (Å²) in [6.07, 6.45) is 1.55. The van der Waals surface area contributed by atoms with E-state index in [1.165, 1.54) is 18.1 Å². The average molecular weight is 416 g/mol. The number of ketones is 1. The zero-order valence-corrected chi connectivity index (χ0v) is 16.9. The van der Waals surface area contributed by atoms with Crippen molar-refractivity contribution >= 4 is 29.1 Å². The molecule has 1 atom stereocenters. The second-order valence-corrected chi connectivity index (χ2v) is 7.22. The van der Waals surface area contributed by atoms with E-state index in [-0.39, 0.29) is 22.8 Å². The molecule has 6 nitrogen and oxygen atoms in total. The summed E-state index contributed by atoms with van der Waals surface area (Å²) in [5.74, 6) is -1.51. The molecule has 1 heterocycles. The third kappa shape index (κ3) is 3.93. The number of halogens is 1. The van der Waals surface area contributed by atoms with Crippen LogP contribution >= 0.6 is 11.6 Å². The molecule has 3 rings (SSSR count). The lowest BCUT2D eigenvalue weighted by Crippen LogP contribution is -2.30. The largest absolute Gasteiger partial charge is 0.507 e. The first-order valence-electron chi connectivity index (χ1n) is 9.30. The molecule has 2 N–H and O–H groups in total. The zero-order chi connectivity index (χ0) is 21.1. The first-order valence-corrected chi connectivity index (χ1v) is 9.68. The van der Waals surface area contributed by atoms with Crippen LogP contribution in [0.4, 0.5) is 0 Å². The molecule has 0 bridgehead atoms. The van der Waals surface area contributed by atoms with Gasteiger partial charge in [0.05, 0.1) is 18.7 Å². The van der Waals surface area contributed by atoms with E-state index >= 15 is 0 Å². The van der Waals surface area contributed by atoms with Crippen molar-refractivity contribution in [3.8, 4) is 11.5 Å². The van der Waals surface area contributed by atoms with Gasteiger partial charge in [-0.25, -0.2) is 0 Å². The number of ether oxygens (including phenoxy) is 1. The van der Waals surface area contributed by atoms with Gasteiger partial charge in [-0.05, 0) is 48.4 Å². The summed E-state index contributed by atoms with van der Waals surface area (Å²) in [6, 6.07) is 10.2. The number of rotatable bonds is 6. The molecular formula is C22H22ClNO5. The van der Waals surface area contributed by atoms with E-state index in [1.54, 1.807) is 36.4 Å². The summed E-state index contributed by atoms with van der Waals surface area (Å²) in [7, 11) is 1.42. The summed E-state index contributed by atoms with van der Waals surface area (Å²) >= 11 is 5.92. The van der Waals surface area contributed by atoms with E-state index in [1.807, 2.05) is 6.92 Å². The van der Waals surface area contributed by atoms with Crippen LogP contribution < -0.4 is 4.74 Å². The van der Waals surface area contributed by atoms with Gasteiger partial charge in [0.1, 0.15) is 5.76 Å². The van der Waals surface area contributed by atoms with Crippen LogP contribution in [0.15, 0.2) is 48.0 Å². The number of aliphatic hydroxyl groups is 1. The number of aromatic hydroxyl groups is 1. The molecule has 1 aliphatic rings. The van der Waals surface area contributed by atoms with Gasteiger partial charge in [0.25, 0.3) is 11.7 Å². The van der Waals surface area contributed by atoms with Crippen LogP contribution in [-0.4, -0.2) is 40.5 Å². The maximum absolute atomic E-state index is 12.8. The number of Topliss-reactive ketones (excluding diaryl/α,β-unsaturated/α-hetero) is 1. The average Bonchev–Trinajstić information content (AvgIpc) is 2.97. The molecule has 7 heteroatoms. The standard InChI is InChI=1S/C22H22ClNO5/c1-3-4-11-24-19(14-7-10-16(25)17(12-14)29-2)18(21(27)22(24)28)20(26)13-5-8-15(23)9-6-13/h5-10,12,19,25-26H,3-4,11H2,1-2H3/b20-18+/t19-/m0/s1. The lowest BCUT2D eigenvalue weighted by molar-refractivity contribution is -0.139. The highest BCUT2D eigenvalue weighted by atomic mass is 35.5. The third-order valence-corrected chi connectivity index (χ3v) is 5.18. The molecule has 1 saturated heterocycles. The number of carbonyl (C=O) groups is 2. The minimum atomic E-state index is -0.785. The van der Waals surface area contributed by atoms with Crippen molar-refractivity contribution < 1.29 is 24.5 Å². The number of amides is 1. The van der Waals surface area contributed by atoms with E-state index in [4.69, 9.17) is 16.3 Å². The molecule has 1 fully saturated rings. The Hall–Kier alpha value is -2.99. The monoisotopic (exact) mass is 415 g/mol. The SMILES string of the molecule is CCCCN1C(=O)C(=O)/C(=C(/O)c2ccc(Cl)cc2)[C@@H]1c1ccc(O)c(OC)c1. The van der Waals surface area contributed by atoms with Crippen molar-refractivity contribution in [2.24, 2.45) is 0 Å². The number of unbranched alkanes of at least 4 members (excludes halogenated alkanes) is 1. The number of hydrogen-bond acceptors (Lipinski definition) is 5. The van der Waals surface area contributed by atoms with E-state index in [0.717, 1.165) is 6.42 Å². The fraction of sp³-hybridized carbons (Fsp3) is 0.273. The Balaban J connectivity index is 2.18. The number of nitrogens with zero attached hydrogens (tertiary/aromatic N) is 1. The maximum Gasteiger partial charge on any atom is 0.295 e. The lowest BCUT2D eigenvalue weighted by Gasteiger charge is -2.25. The summed E-state index contributed by atoms with van der Waals surface area (Å²) < 4.78 is 5.18.